The molecule has 0 bridgehead atoms. The molecule has 4 heteroatoms. The Hall–Kier alpha value is -1.81. The smallest absolute Gasteiger partial charge is 0.312 e. The summed E-state index contributed by atoms with van der Waals surface area (Å²) >= 11 is 1.49. The van der Waals surface area contributed by atoms with Crippen LogP contribution in [0.5, 0.6) is 5.75 Å². The molecule has 112 valence electrons. The van der Waals surface area contributed by atoms with Gasteiger partial charge in [0.2, 0.25) is 0 Å². The standard InChI is InChI=1S/C17H20O3S/c1-2-3-10-20-14-8-6-13(7-9-14)12-15(17(18)19)16-5-4-11-21-16/h4-9,11,15H,2-3,10,12H2,1H3,(H,18,19). The molecule has 2 aromatic rings. The van der Waals surface area contributed by atoms with Crippen molar-refractivity contribution in [2.45, 2.75) is 32.1 Å². The second kappa shape index (κ2) is 7.84. The number of carbonyl (C=O) groups is 1. The van der Waals surface area contributed by atoms with Gasteiger partial charge >= 0.3 is 5.97 Å². The summed E-state index contributed by atoms with van der Waals surface area (Å²) in [6, 6.07) is 11.5. The van der Waals surface area contributed by atoms with Gasteiger partial charge in [0.25, 0.3) is 0 Å². The number of hydrogen-bond donors (Lipinski definition) is 1. The topological polar surface area (TPSA) is 46.5 Å². The maximum Gasteiger partial charge on any atom is 0.312 e. The molecule has 1 aromatic heterocycles. The zero-order chi connectivity index (χ0) is 15.1. The predicted molar refractivity (Wildman–Crippen MR) is 85.2 cm³/mol. The summed E-state index contributed by atoms with van der Waals surface area (Å²) in [7, 11) is 0. The van der Waals surface area contributed by atoms with Gasteiger partial charge in [-0.1, -0.05) is 31.5 Å². The molecule has 3 nitrogen and oxygen atoms in total. The first-order valence-electron chi connectivity index (χ1n) is 7.18. The van der Waals surface area contributed by atoms with Crippen molar-refractivity contribution in [2.24, 2.45) is 0 Å². The molecule has 0 aliphatic carbocycles. The van der Waals surface area contributed by atoms with E-state index >= 15 is 0 Å². The Morgan fingerprint density at radius 2 is 2.05 bits per heavy atom. The average Bonchev–Trinajstić information content (AvgIpc) is 3.00. The van der Waals surface area contributed by atoms with Crippen molar-refractivity contribution in [2.75, 3.05) is 6.61 Å². The zero-order valence-electron chi connectivity index (χ0n) is 12.1. The first kappa shape index (κ1) is 15.6. The van der Waals surface area contributed by atoms with Gasteiger partial charge in [-0.05, 0) is 42.0 Å². The highest BCUT2D eigenvalue weighted by atomic mass is 32.1. The Morgan fingerprint density at radius 1 is 1.29 bits per heavy atom. The minimum absolute atomic E-state index is 0.475. The van der Waals surface area contributed by atoms with Crippen LogP contribution in [0.15, 0.2) is 41.8 Å². The van der Waals surface area contributed by atoms with Crippen LogP contribution in [0.1, 0.15) is 36.1 Å². The van der Waals surface area contributed by atoms with Gasteiger partial charge in [-0.25, -0.2) is 0 Å². The third-order valence-electron chi connectivity index (χ3n) is 3.31. The van der Waals surface area contributed by atoms with Gasteiger partial charge in [0, 0.05) is 4.88 Å². The second-order valence-corrected chi connectivity index (χ2v) is 5.94. The molecule has 0 saturated carbocycles. The first-order chi connectivity index (χ1) is 10.2. The van der Waals surface area contributed by atoms with Crippen LogP contribution in [0.4, 0.5) is 0 Å². The molecule has 0 aliphatic heterocycles. The van der Waals surface area contributed by atoms with Crippen LogP contribution in [0.3, 0.4) is 0 Å². The summed E-state index contributed by atoms with van der Waals surface area (Å²) in [4.78, 5) is 12.3. The Bertz CT molecular complexity index is 546. The Morgan fingerprint density at radius 3 is 2.62 bits per heavy atom. The maximum atomic E-state index is 11.4. The lowest BCUT2D eigenvalue weighted by Crippen LogP contribution is -2.13. The third kappa shape index (κ3) is 4.60. The highest BCUT2D eigenvalue weighted by Gasteiger charge is 2.21. The van der Waals surface area contributed by atoms with Gasteiger partial charge in [0.1, 0.15) is 5.75 Å². The summed E-state index contributed by atoms with van der Waals surface area (Å²) in [6.07, 6.45) is 2.66. The Labute approximate surface area is 129 Å². The van der Waals surface area contributed by atoms with Crippen LogP contribution in [-0.4, -0.2) is 17.7 Å². The molecule has 2 rings (SSSR count). The summed E-state index contributed by atoms with van der Waals surface area (Å²) in [5, 5.41) is 11.3. The predicted octanol–water partition coefficient (Wildman–Crippen LogP) is 4.34. The molecule has 1 N–H and O–H groups in total. The number of unbranched alkanes of at least 4 members (excludes halogenated alkanes) is 1. The van der Waals surface area contributed by atoms with Crippen molar-refractivity contribution < 1.29 is 14.6 Å². The Kier molecular flexibility index (Phi) is 5.81. The number of carboxylic acids is 1. The molecule has 1 aromatic carbocycles. The van der Waals surface area contributed by atoms with Gasteiger partial charge < -0.3 is 9.84 Å². The van der Waals surface area contributed by atoms with Crippen LogP contribution in [-0.2, 0) is 11.2 Å². The van der Waals surface area contributed by atoms with Crippen molar-refractivity contribution >= 4 is 17.3 Å². The van der Waals surface area contributed by atoms with Crippen LogP contribution in [0.2, 0.25) is 0 Å². The molecule has 0 spiro atoms. The molecule has 0 saturated heterocycles. The number of thiophene rings is 1. The fourth-order valence-corrected chi connectivity index (χ4v) is 2.91. The van der Waals surface area contributed by atoms with Gasteiger partial charge in [-0.15, -0.1) is 11.3 Å². The van der Waals surface area contributed by atoms with Crippen LogP contribution >= 0.6 is 11.3 Å². The highest BCUT2D eigenvalue weighted by Crippen LogP contribution is 2.26. The van der Waals surface area contributed by atoms with Crippen molar-refractivity contribution in [3.8, 4) is 5.75 Å². The van der Waals surface area contributed by atoms with E-state index in [0.717, 1.165) is 35.6 Å². The lowest BCUT2D eigenvalue weighted by Gasteiger charge is -2.11. The van der Waals surface area contributed by atoms with Gasteiger partial charge in [0.05, 0.1) is 12.5 Å². The van der Waals surface area contributed by atoms with E-state index in [-0.39, 0.29) is 0 Å². The van der Waals surface area contributed by atoms with E-state index in [1.807, 2.05) is 41.8 Å². The fourth-order valence-electron chi connectivity index (χ4n) is 2.09. The molecular weight excluding hydrogens is 284 g/mol. The number of rotatable bonds is 8. The number of hydrogen-bond acceptors (Lipinski definition) is 3. The van der Waals surface area contributed by atoms with Gasteiger partial charge in [-0.2, -0.15) is 0 Å². The van der Waals surface area contributed by atoms with E-state index in [9.17, 15) is 9.90 Å². The van der Waals surface area contributed by atoms with E-state index in [1.54, 1.807) is 0 Å². The number of ether oxygens (including phenoxy) is 1. The van der Waals surface area contributed by atoms with Crippen LogP contribution < -0.4 is 4.74 Å². The quantitative estimate of drug-likeness (QED) is 0.738. The fraction of sp³-hybridized carbons (Fsp3) is 0.353. The van der Waals surface area contributed by atoms with E-state index in [0.29, 0.717) is 6.42 Å². The minimum Gasteiger partial charge on any atom is -0.494 e. The summed E-state index contributed by atoms with van der Waals surface area (Å²) in [5.41, 5.74) is 1.01. The number of benzene rings is 1. The summed E-state index contributed by atoms with van der Waals surface area (Å²) < 4.78 is 5.61. The SMILES string of the molecule is CCCCOc1ccc(CC(C(=O)O)c2cccs2)cc1. The van der Waals surface area contributed by atoms with Crippen LogP contribution in [0, 0.1) is 0 Å². The monoisotopic (exact) mass is 304 g/mol. The summed E-state index contributed by atoms with van der Waals surface area (Å²) in [6.45, 7) is 2.85. The van der Waals surface area contributed by atoms with Crippen molar-refractivity contribution in [3.05, 3.63) is 52.2 Å². The van der Waals surface area contributed by atoms with E-state index in [2.05, 4.69) is 6.92 Å². The van der Waals surface area contributed by atoms with Crippen molar-refractivity contribution in [1.29, 1.82) is 0 Å². The molecule has 21 heavy (non-hydrogen) atoms. The van der Waals surface area contributed by atoms with Crippen molar-refractivity contribution in [1.82, 2.24) is 0 Å². The van der Waals surface area contributed by atoms with E-state index in [1.165, 1.54) is 11.3 Å². The van der Waals surface area contributed by atoms with Crippen LogP contribution in [0.25, 0.3) is 0 Å². The molecular formula is C17H20O3S. The lowest BCUT2D eigenvalue weighted by atomic mass is 9.98. The maximum absolute atomic E-state index is 11.4. The average molecular weight is 304 g/mol. The van der Waals surface area contributed by atoms with E-state index < -0.39 is 11.9 Å². The molecule has 0 radical (unpaired) electrons. The van der Waals surface area contributed by atoms with Gasteiger partial charge in [0.15, 0.2) is 0 Å². The highest BCUT2D eigenvalue weighted by molar-refractivity contribution is 7.10. The number of carboxylic acid groups (broad SMARTS) is 1. The minimum atomic E-state index is -0.777. The molecule has 0 amide bonds. The zero-order valence-corrected chi connectivity index (χ0v) is 12.9. The van der Waals surface area contributed by atoms with Crippen molar-refractivity contribution in [3.63, 3.8) is 0 Å². The molecule has 1 unspecified atom stereocenters. The van der Waals surface area contributed by atoms with Gasteiger partial charge in [-0.3, -0.25) is 4.79 Å². The largest absolute Gasteiger partial charge is 0.494 e. The molecule has 0 fully saturated rings. The molecule has 1 atom stereocenters. The second-order valence-electron chi connectivity index (χ2n) is 4.96. The first-order valence-corrected chi connectivity index (χ1v) is 8.06. The van der Waals surface area contributed by atoms with E-state index in [4.69, 9.17) is 4.74 Å². The number of aliphatic carboxylic acids is 1. The lowest BCUT2D eigenvalue weighted by molar-refractivity contribution is -0.138. The summed E-state index contributed by atoms with van der Waals surface area (Å²) in [5.74, 6) is -0.409. The normalized spacial score (nSPS) is 12.0. The molecule has 0 aliphatic rings. The molecule has 1 heterocycles. The Balaban J connectivity index is 1.99. The third-order valence-corrected chi connectivity index (χ3v) is 4.30.